The lowest BCUT2D eigenvalue weighted by molar-refractivity contribution is -0.128. The van der Waals surface area contributed by atoms with E-state index in [1.54, 1.807) is 0 Å². The Hall–Kier alpha value is 2.23. The molecule has 0 aromatic heterocycles. The largest absolute Gasteiger partial charge is 0.343 e. The lowest BCUT2D eigenvalue weighted by atomic mass is 10.7. The van der Waals surface area contributed by atoms with E-state index in [2.05, 4.69) is 52.5 Å². The highest BCUT2D eigenvalue weighted by molar-refractivity contribution is 9.39. The molecule has 0 rings (SSSR count). The number of ether oxygens (including phenoxy) is 1. The lowest BCUT2D eigenvalue weighted by Crippen LogP contribution is -2.29. The third kappa shape index (κ3) is 7.62. The zero-order chi connectivity index (χ0) is 9.99. The van der Waals surface area contributed by atoms with Gasteiger partial charge in [0.2, 0.25) is 10.1 Å². The van der Waals surface area contributed by atoms with Crippen molar-refractivity contribution < 1.29 is 9.84 Å². The van der Waals surface area contributed by atoms with Crippen LogP contribution in [0.5, 0.6) is 0 Å². The molecule has 8 heteroatoms. The first-order chi connectivity index (χ1) is 5.13. The summed E-state index contributed by atoms with van der Waals surface area (Å²) >= 11 is 25.0. The minimum Gasteiger partial charge on any atom is -0.343 e. The van der Waals surface area contributed by atoms with E-state index in [4.69, 9.17) is 34.8 Å². The van der Waals surface area contributed by atoms with E-state index in [0.29, 0.717) is 0 Å². The van der Waals surface area contributed by atoms with E-state index in [0.717, 1.165) is 0 Å². The van der Waals surface area contributed by atoms with Crippen LogP contribution < -0.4 is 0 Å². The molecule has 0 aliphatic heterocycles. The van der Waals surface area contributed by atoms with Gasteiger partial charge in [0.25, 0.3) is 0 Å². The molecule has 0 bridgehead atoms. The van der Waals surface area contributed by atoms with E-state index in [1.165, 1.54) is 0 Å². The Bertz CT molecular complexity index is 143. The summed E-state index contributed by atoms with van der Waals surface area (Å²) in [7, 11) is 0. The van der Waals surface area contributed by atoms with Crippen molar-refractivity contribution in [3.8, 4) is 0 Å². The van der Waals surface area contributed by atoms with Crippen LogP contribution in [0.4, 0.5) is 0 Å². The molecule has 0 fully saturated rings. The summed E-state index contributed by atoms with van der Waals surface area (Å²) in [6, 6.07) is 0. The fraction of sp³-hybridized carbons (Fsp3) is 1.00. The molecule has 0 amide bonds. The summed E-state index contributed by atoms with van der Waals surface area (Å²) in [6.07, 6.45) is -1.42. The Morgan fingerprint density at radius 3 is 1.92 bits per heavy atom. The molecule has 0 saturated carbocycles. The normalized spacial score (nSPS) is 16.2. The first kappa shape index (κ1) is 14.2. The second-order valence-corrected chi connectivity index (χ2v) is 11.3. The van der Waals surface area contributed by atoms with Gasteiger partial charge in [-0.2, -0.15) is 5.11 Å². The summed E-state index contributed by atoms with van der Waals surface area (Å²) in [6.45, 7) is -0.267. The SMILES string of the molecule is [O]C(OCC(Cl)(Cl)Cl)C(Br)(Br)Br. The van der Waals surface area contributed by atoms with Gasteiger partial charge in [-0.05, 0) is 0 Å². The molecule has 0 aliphatic carbocycles. The molecular formula is C4H3Br3Cl3O2. The number of halogens is 6. The van der Waals surface area contributed by atoms with Gasteiger partial charge < -0.3 is 4.74 Å². The standard InChI is InChI=1S/C4H3Br3Cl3O2/c5-4(6,7)2(11)12-1-3(8,9)10/h2H,1H2. The molecule has 0 aromatic carbocycles. The Morgan fingerprint density at radius 2 is 1.67 bits per heavy atom. The predicted molar refractivity (Wildman–Crippen MR) is 60.2 cm³/mol. The molecule has 2 nitrogen and oxygen atoms in total. The summed E-state index contributed by atoms with van der Waals surface area (Å²) in [5, 5.41) is 11.1. The summed E-state index contributed by atoms with van der Waals surface area (Å²) in [5.74, 6) is 0. The molecule has 12 heavy (non-hydrogen) atoms. The van der Waals surface area contributed by atoms with Crippen LogP contribution in [0.2, 0.25) is 0 Å². The zero-order valence-electron chi connectivity index (χ0n) is 5.37. The van der Waals surface area contributed by atoms with Crippen molar-refractivity contribution >= 4 is 82.6 Å². The number of rotatable bonds is 2. The fourth-order valence-electron chi connectivity index (χ4n) is 0.265. The lowest BCUT2D eigenvalue weighted by Gasteiger charge is -2.20. The van der Waals surface area contributed by atoms with Gasteiger partial charge in [0.05, 0.1) is 6.61 Å². The second kappa shape index (κ2) is 5.35. The van der Waals surface area contributed by atoms with Crippen molar-refractivity contribution in [2.45, 2.75) is 12.2 Å². The van der Waals surface area contributed by atoms with E-state index in [-0.39, 0.29) is 6.61 Å². The third-order valence-corrected chi connectivity index (χ3v) is 2.11. The molecule has 73 valence electrons. The van der Waals surface area contributed by atoms with E-state index < -0.39 is 12.2 Å². The minimum atomic E-state index is -1.57. The monoisotopic (exact) mass is 425 g/mol. The zero-order valence-corrected chi connectivity index (χ0v) is 12.4. The van der Waals surface area contributed by atoms with Crippen molar-refractivity contribution in [3.63, 3.8) is 0 Å². The van der Waals surface area contributed by atoms with E-state index in [9.17, 15) is 5.11 Å². The van der Waals surface area contributed by atoms with E-state index in [1.807, 2.05) is 0 Å². The summed E-state index contributed by atoms with van der Waals surface area (Å²) < 4.78 is 2.07. The molecule has 0 N–H and O–H groups in total. The third-order valence-electron chi connectivity index (χ3n) is 0.666. The van der Waals surface area contributed by atoms with Crippen molar-refractivity contribution in [3.05, 3.63) is 0 Å². The number of hydrogen-bond donors (Lipinski definition) is 0. The van der Waals surface area contributed by atoms with Gasteiger partial charge in [-0.15, -0.1) is 0 Å². The molecule has 0 heterocycles. The number of hydrogen-bond acceptors (Lipinski definition) is 1. The van der Waals surface area contributed by atoms with Gasteiger partial charge in [0.1, 0.15) is 0 Å². The smallest absolute Gasteiger partial charge is 0.226 e. The molecule has 0 aromatic rings. The maximum Gasteiger partial charge on any atom is 0.226 e. The highest BCUT2D eigenvalue weighted by Gasteiger charge is 2.34. The predicted octanol–water partition coefficient (Wildman–Crippen LogP) is 3.97. The average Bonchev–Trinajstić information content (AvgIpc) is 1.78. The molecule has 1 unspecified atom stereocenters. The maximum absolute atomic E-state index is 11.1. The first-order valence-electron chi connectivity index (χ1n) is 2.54. The van der Waals surface area contributed by atoms with Gasteiger partial charge in [0, 0.05) is 0 Å². The Balaban J connectivity index is 3.80. The quantitative estimate of drug-likeness (QED) is 0.483. The van der Waals surface area contributed by atoms with Crippen LogP contribution in [0, 0.1) is 0 Å². The minimum absolute atomic E-state index is 0.267. The Kier molecular flexibility index (Phi) is 6.35. The fourth-order valence-corrected chi connectivity index (χ4v) is 0.850. The van der Waals surface area contributed by atoms with Crippen LogP contribution in [0.25, 0.3) is 0 Å². The summed E-state index contributed by atoms with van der Waals surface area (Å²) in [4.78, 5) is 0. The average molecular weight is 429 g/mol. The van der Waals surface area contributed by atoms with Gasteiger partial charge >= 0.3 is 0 Å². The molecular weight excluding hydrogens is 426 g/mol. The first-order valence-corrected chi connectivity index (χ1v) is 6.05. The highest BCUT2D eigenvalue weighted by atomic mass is 80.0. The van der Waals surface area contributed by atoms with Crippen LogP contribution in [-0.4, -0.2) is 18.8 Å². The molecule has 0 spiro atoms. The van der Waals surface area contributed by atoms with Crippen molar-refractivity contribution in [1.82, 2.24) is 0 Å². The maximum atomic E-state index is 11.1. The van der Waals surface area contributed by atoms with Gasteiger partial charge in [-0.25, -0.2) is 0 Å². The molecule has 0 aliphatic rings. The second-order valence-electron chi connectivity index (χ2n) is 1.80. The van der Waals surface area contributed by atoms with Crippen LogP contribution in [0.3, 0.4) is 0 Å². The van der Waals surface area contributed by atoms with Crippen molar-refractivity contribution in [2.24, 2.45) is 0 Å². The molecule has 1 atom stereocenters. The van der Waals surface area contributed by atoms with Crippen LogP contribution >= 0.6 is 82.6 Å². The summed E-state index contributed by atoms with van der Waals surface area (Å²) in [5.41, 5.74) is 0. The van der Waals surface area contributed by atoms with Gasteiger partial charge in [0.15, 0.2) is 2.14 Å². The molecule has 1 radical (unpaired) electrons. The highest BCUT2D eigenvalue weighted by Crippen LogP contribution is 2.38. The van der Waals surface area contributed by atoms with Crippen LogP contribution in [-0.2, 0) is 9.84 Å². The topological polar surface area (TPSA) is 29.1 Å². The van der Waals surface area contributed by atoms with Crippen molar-refractivity contribution in [2.75, 3.05) is 6.61 Å². The van der Waals surface area contributed by atoms with Crippen LogP contribution in [0.15, 0.2) is 0 Å². The van der Waals surface area contributed by atoms with Crippen molar-refractivity contribution in [1.29, 1.82) is 0 Å². The van der Waals surface area contributed by atoms with Crippen LogP contribution in [0.1, 0.15) is 0 Å². The Labute approximate surface area is 110 Å². The Morgan fingerprint density at radius 1 is 1.25 bits per heavy atom. The van der Waals surface area contributed by atoms with Gasteiger partial charge in [-0.3, -0.25) is 0 Å². The van der Waals surface area contributed by atoms with E-state index >= 15 is 0 Å². The van der Waals surface area contributed by atoms with Gasteiger partial charge in [-0.1, -0.05) is 82.6 Å². The number of alkyl halides is 6. The molecule has 0 saturated heterocycles.